The maximum atomic E-state index is 13.9. The Morgan fingerprint density at radius 1 is 1.06 bits per heavy atom. The van der Waals surface area contributed by atoms with Crippen LogP contribution in [0.25, 0.3) is 0 Å². The minimum absolute atomic E-state index is 0.00571. The predicted octanol–water partition coefficient (Wildman–Crippen LogP) is 3.69. The first-order valence-electron chi connectivity index (χ1n) is 11.5. The summed E-state index contributed by atoms with van der Waals surface area (Å²) in [5.74, 6) is -0.372. The van der Waals surface area contributed by atoms with E-state index < -0.39 is 5.54 Å². The van der Waals surface area contributed by atoms with Gasteiger partial charge in [-0.1, -0.05) is 30.3 Å². The molecule has 2 fully saturated rings. The third-order valence-electron chi connectivity index (χ3n) is 6.83. The van der Waals surface area contributed by atoms with Crippen molar-refractivity contribution >= 4 is 29.2 Å². The molecular formula is C26H26N4O3S. The number of rotatable bonds is 6. The molecule has 1 N–H and O–H groups in total. The molecule has 2 aliphatic rings. The van der Waals surface area contributed by atoms with Crippen LogP contribution in [0.15, 0.2) is 72.4 Å². The minimum atomic E-state index is -1.16. The van der Waals surface area contributed by atoms with Crippen molar-refractivity contribution in [3.05, 3.63) is 88.4 Å². The monoisotopic (exact) mass is 474 g/mol. The van der Waals surface area contributed by atoms with Gasteiger partial charge in [0, 0.05) is 48.0 Å². The van der Waals surface area contributed by atoms with E-state index in [2.05, 4.69) is 10.3 Å². The van der Waals surface area contributed by atoms with Crippen molar-refractivity contribution in [3.63, 3.8) is 0 Å². The summed E-state index contributed by atoms with van der Waals surface area (Å²) in [5.41, 5.74) is 0.190. The predicted molar refractivity (Wildman–Crippen MR) is 129 cm³/mol. The van der Waals surface area contributed by atoms with Crippen LogP contribution in [0.3, 0.4) is 0 Å². The number of carbonyl (C=O) groups is 3. The Bertz CT molecular complexity index is 1160. The molecule has 5 rings (SSSR count). The molecule has 1 unspecified atom stereocenters. The van der Waals surface area contributed by atoms with E-state index in [4.69, 9.17) is 0 Å². The molecule has 0 saturated carbocycles. The second kappa shape index (κ2) is 9.38. The van der Waals surface area contributed by atoms with E-state index in [9.17, 15) is 14.4 Å². The third kappa shape index (κ3) is 3.98. The van der Waals surface area contributed by atoms with E-state index >= 15 is 0 Å². The first-order valence-corrected chi connectivity index (χ1v) is 12.4. The normalized spacial score (nSPS) is 21.1. The summed E-state index contributed by atoms with van der Waals surface area (Å²) in [6.07, 6.45) is 5.18. The topological polar surface area (TPSA) is 82.6 Å². The van der Waals surface area contributed by atoms with Gasteiger partial charge in [-0.05, 0) is 54.8 Å². The smallest absolute Gasteiger partial charge is 0.325 e. The lowest BCUT2D eigenvalue weighted by molar-refractivity contribution is -0.134. The van der Waals surface area contributed by atoms with Gasteiger partial charge in [0.15, 0.2) is 5.54 Å². The van der Waals surface area contributed by atoms with Crippen LogP contribution in [-0.2, 0) is 16.8 Å². The molecule has 3 aromatic rings. The maximum Gasteiger partial charge on any atom is 0.325 e. The molecule has 174 valence electrons. The van der Waals surface area contributed by atoms with Gasteiger partial charge >= 0.3 is 6.03 Å². The highest BCUT2D eigenvalue weighted by molar-refractivity contribution is 7.09. The summed E-state index contributed by atoms with van der Waals surface area (Å²) in [5, 5.41) is 5.05. The molecule has 7 nitrogen and oxygen atoms in total. The first kappa shape index (κ1) is 22.3. The Balaban J connectivity index is 1.37. The number of thiophene rings is 1. The number of carbonyl (C=O) groups excluding carboxylic acids is 3. The zero-order valence-electron chi connectivity index (χ0n) is 18.7. The highest BCUT2D eigenvalue weighted by atomic mass is 32.1. The molecule has 1 atom stereocenters. The lowest BCUT2D eigenvalue weighted by atomic mass is 9.73. The molecule has 0 bridgehead atoms. The minimum Gasteiger partial charge on any atom is -0.339 e. The summed E-state index contributed by atoms with van der Waals surface area (Å²) < 4.78 is 0. The number of hydrogen-bond donors (Lipinski definition) is 1. The van der Waals surface area contributed by atoms with E-state index in [0.29, 0.717) is 50.0 Å². The van der Waals surface area contributed by atoms with Crippen LogP contribution in [0.4, 0.5) is 4.79 Å². The number of pyridine rings is 1. The van der Waals surface area contributed by atoms with Crippen molar-refractivity contribution in [2.75, 3.05) is 19.6 Å². The van der Waals surface area contributed by atoms with E-state index in [1.807, 2.05) is 58.8 Å². The molecular weight excluding hydrogens is 448 g/mol. The number of nitrogens with zero attached hydrogens (tertiary/aromatic N) is 3. The van der Waals surface area contributed by atoms with Crippen LogP contribution in [0, 0.1) is 5.92 Å². The SMILES string of the molecule is O=C(c1ccccc1)N1CCC(C2(c3cccnc3)NC(=O)N(CCc3cccs3)C2=O)CC1. The first-order chi connectivity index (χ1) is 16.6. The molecule has 2 saturated heterocycles. The van der Waals surface area contributed by atoms with Gasteiger partial charge in [0.1, 0.15) is 0 Å². The summed E-state index contributed by atoms with van der Waals surface area (Å²) in [7, 11) is 0. The second-order valence-electron chi connectivity index (χ2n) is 8.70. The average molecular weight is 475 g/mol. The molecule has 8 heteroatoms. The highest BCUT2D eigenvalue weighted by Crippen LogP contribution is 2.41. The Kier molecular flexibility index (Phi) is 6.15. The van der Waals surface area contributed by atoms with Gasteiger partial charge in [0.25, 0.3) is 11.8 Å². The van der Waals surface area contributed by atoms with Gasteiger partial charge < -0.3 is 10.2 Å². The number of aromatic nitrogens is 1. The van der Waals surface area contributed by atoms with Crippen molar-refractivity contribution in [1.82, 2.24) is 20.1 Å². The summed E-state index contributed by atoms with van der Waals surface area (Å²) in [6.45, 7) is 1.38. The van der Waals surface area contributed by atoms with Gasteiger partial charge in [0.2, 0.25) is 0 Å². The number of benzene rings is 1. The lowest BCUT2D eigenvalue weighted by Crippen LogP contribution is -2.54. The zero-order chi connectivity index (χ0) is 23.5. The van der Waals surface area contributed by atoms with Crippen molar-refractivity contribution in [3.8, 4) is 0 Å². The number of urea groups is 1. The molecule has 0 spiro atoms. The summed E-state index contributed by atoms with van der Waals surface area (Å²) >= 11 is 1.62. The summed E-state index contributed by atoms with van der Waals surface area (Å²) in [4.78, 5) is 48.4. The lowest BCUT2D eigenvalue weighted by Gasteiger charge is -2.41. The van der Waals surface area contributed by atoms with Crippen LogP contribution < -0.4 is 5.32 Å². The van der Waals surface area contributed by atoms with Crippen LogP contribution in [0.2, 0.25) is 0 Å². The number of amides is 4. The molecule has 4 heterocycles. The van der Waals surface area contributed by atoms with Crippen molar-refractivity contribution < 1.29 is 14.4 Å². The fourth-order valence-electron chi connectivity index (χ4n) is 5.06. The van der Waals surface area contributed by atoms with E-state index in [1.165, 1.54) is 4.90 Å². The van der Waals surface area contributed by atoms with Crippen molar-refractivity contribution in [1.29, 1.82) is 0 Å². The van der Waals surface area contributed by atoms with Gasteiger partial charge in [-0.25, -0.2) is 4.79 Å². The number of nitrogens with one attached hydrogen (secondary N) is 1. The number of hydrogen-bond acceptors (Lipinski definition) is 5. The van der Waals surface area contributed by atoms with Gasteiger partial charge in [-0.3, -0.25) is 19.5 Å². The van der Waals surface area contributed by atoms with Crippen LogP contribution in [0.1, 0.15) is 33.6 Å². The standard InChI is InChI=1S/C26H26N4O3S/c31-23(19-6-2-1-3-7-19)29-14-10-20(11-15-29)26(21-8-4-13-27-18-21)24(32)30(25(33)28-26)16-12-22-9-5-17-34-22/h1-9,13,17-18,20H,10-12,14-16H2,(H,28,33). The van der Waals surface area contributed by atoms with Crippen molar-refractivity contribution in [2.45, 2.75) is 24.8 Å². The molecule has 2 aromatic heterocycles. The van der Waals surface area contributed by atoms with Gasteiger partial charge in [-0.2, -0.15) is 0 Å². The fraction of sp³-hybridized carbons (Fsp3) is 0.308. The van der Waals surface area contributed by atoms with Crippen LogP contribution >= 0.6 is 11.3 Å². The maximum absolute atomic E-state index is 13.9. The summed E-state index contributed by atoms with van der Waals surface area (Å²) in [6, 6.07) is 16.5. The molecule has 0 radical (unpaired) electrons. The Hall–Kier alpha value is -3.52. The molecule has 1 aromatic carbocycles. The van der Waals surface area contributed by atoms with E-state index in [0.717, 1.165) is 4.88 Å². The Morgan fingerprint density at radius 2 is 1.85 bits per heavy atom. The molecule has 34 heavy (non-hydrogen) atoms. The fourth-order valence-corrected chi connectivity index (χ4v) is 5.76. The highest BCUT2D eigenvalue weighted by Gasteiger charge is 2.57. The number of imide groups is 1. The quantitative estimate of drug-likeness (QED) is 0.553. The van der Waals surface area contributed by atoms with E-state index in [1.54, 1.807) is 29.8 Å². The van der Waals surface area contributed by atoms with Crippen LogP contribution in [-0.4, -0.2) is 52.3 Å². The molecule has 2 aliphatic heterocycles. The zero-order valence-corrected chi connectivity index (χ0v) is 19.5. The Labute approximate surface area is 202 Å². The van der Waals surface area contributed by atoms with E-state index in [-0.39, 0.29) is 23.8 Å². The van der Waals surface area contributed by atoms with Gasteiger partial charge in [0.05, 0.1) is 0 Å². The largest absolute Gasteiger partial charge is 0.339 e. The van der Waals surface area contributed by atoms with Crippen molar-refractivity contribution in [2.24, 2.45) is 5.92 Å². The van der Waals surface area contributed by atoms with Crippen LogP contribution in [0.5, 0.6) is 0 Å². The third-order valence-corrected chi connectivity index (χ3v) is 7.76. The molecule has 4 amide bonds. The average Bonchev–Trinajstić information content (AvgIpc) is 3.50. The molecule has 0 aliphatic carbocycles. The Morgan fingerprint density at radius 3 is 2.53 bits per heavy atom. The van der Waals surface area contributed by atoms with Gasteiger partial charge in [-0.15, -0.1) is 11.3 Å². The number of likely N-dealkylation sites (tertiary alicyclic amines) is 1. The number of piperidine rings is 1. The second-order valence-corrected chi connectivity index (χ2v) is 9.73.